The molecular formula is C17H23F2N7. The Morgan fingerprint density at radius 1 is 1.35 bits per heavy atom. The second kappa shape index (κ2) is 7.67. The number of hydrogen-bond acceptors (Lipinski definition) is 4. The number of rotatable bonds is 4. The maximum absolute atomic E-state index is 14.0. The molecule has 26 heavy (non-hydrogen) atoms. The summed E-state index contributed by atoms with van der Waals surface area (Å²) in [5, 5.41) is 14.7. The molecule has 2 aromatic rings. The van der Waals surface area contributed by atoms with Gasteiger partial charge in [0.25, 0.3) is 0 Å². The van der Waals surface area contributed by atoms with Crippen molar-refractivity contribution in [3.05, 3.63) is 41.5 Å². The summed E-state index contributed by atoms with van der Waals surface area (Å²) < 4.78 is 28.9. The van der Waals surface area contributed by atoms with Gasteiger partial charge >= 0.3 is 0 Å². The zero-order valence-corrected chi connectivity index (χ0v) is 15.1. The highest BCUT2D eigenvalue weighted by Gasteiger charge is 2.25. The molecule has 1 saturated heterocycles. The number of halogens is 2. The molecule has 140 valence electrons. The van der Waals surface area contributed by atoms with Crippen LogP contribution in [-0.2, 0) is 13.6 Å². The van der Waals surface area contributed by atoms with Crippen molar-refractivity contribution in [2.75, 3.05) is 25.0 Å². The van der Waals surface area contributed by atoms with E-state index in [-0.39, 0.29) is 6.04 Å². The number of aliphatic imine (C=N–C) groups is 1. The van der Waals surface area contributed by atoms with Gasteiger partial charge in [0.1, 0.15) is 17.5 Å². The Balaban J connectivity index is 1.56. The first kappa shape index (κ1) is 18.1. The van der Waals surface area contributed by atoms with E-state index >= 15 is 0 Å². The van der Waals surface area contributed by atoms with E-state index in [9.17, 15) is 8.78 Å². The molecule has 1 aliphatic rings. The Kier molecular flexibility index (Phi) is 5.34. The van der Waals surface area contributed by atoms with Gasteiger partial charge in [0.05, 0.1) is 12.2 Å². The molecule has 2 heterocycles. The Labute approximate surface area is 151 Å². The summed E-state index contributed by atoms with van der Waals surface area (Å²) in [6.07, 6.45) is 0.834. The number of benzene rings is 1. The molecule has 0 aliphatic carbocycles. The van der Waals surface area contributed by atoms with E-state index in [0.29, 0.717) is 31.3 Å². The van der Waals surface area contributed by atoms with Gasteiger partial charge in [-0.3, -0.25) is 4.99 Å². The standard InChI is InChI=1S/C17H23F2N7/c1-11-23-24-16(25(11)3)9-21-17(20-2)22-13-6-7-26(10-13)15-5-4-12(18)8-14(15)19/h4-5,8,13H,6-7,9-10H2,1-3H3,(H2,20,21,22). The summed E-state index contributed by atoms with van der Waals surface area (Å²) in [7, 11) is 3.61. The lowest BCUT2D eigenvalue weighted by atomic mass is 10.2. The highest BCUT2D eigenvalue weighted by molar-refractivity contribution is 5.80. The van der Waals surface area contributed by atoms with Gasteiger partial charge in [-0.1, -0.05) is 0 Å². The van der Waals surface area contributed by atoms with E-state index in [2.05, 4.69) is 25.8 Å². The molecule has 9 heteroatoms. The molecule has 2 N–H and O–H groups in total. The van der Waals surface area contributed by atoms with Crippen LogP contribution in [0.1, 0.15) is 18.1 Å². The fourth-order valence-electron chi connectivity index (χ4n) is 2.99. The Bertz CT molecular complexity index is 802. The zero-order chi connectivity index (χ0) is 18.7. The molecule has 1 atom stereocenters. The van der Waals surface area contributed by atoms with Gasteiger partial charge in [-0.15, -0.1) is 10.2 Å². The zero-order valence-electron chi connectivity index (χ0n) is 15.1. The molecule has 1 fully saturated rings. The van der Waals surface area contributed by atoms with Crippen LogP contribution in [0.25, 0.3) is 0 Å². The minimum atomic E-state index is -0.566. The lowest BCUT2D eigenvalue weighted by molar-refractivity contribution is 0.580. The van der Waals surface area contributed by atoms with Crippen molar-refractivity contribution < 1.29 is 8.78 Å². The lowest BCUT2D eigenvalue weighted by Gasteiger charge is -2.21. The molecule has 1 aliphatic heterocycles. The minimum Gasteiger partial charge on any atom is -0.367 e. The minimum absolute atomic E-state index is 0.117. The van der Waals surface area contributed by atoms with Crippen LogP contribution in [-0.4, -0.2) is 46.9 Å². The SMILES string of the molecule is CN=C(NCc1nnc(C)n1C)NC1CCN(c2ccc(F)cc2F)C1. The number of aryl methyl sites for hydroxylation is 1. The lowest BCUT2D eigenvalue weighted by Crippen LogP contribution is -2.44. The van der Waals surface area contributed by atoms with E-state index in [1.54, 1.807) is 7.05 Å². The van der Waals surface area contributed by atoms with Crippen molar-refractivity contribution in [1.29, 1.82) is 0 Å². The van der Waals surface area contributed by atoms with Crippen LogP contribution in [0.4, 0.5) is 14.5 Å². The molecule has 0 bridgehead atoms. The molecule has 0 radical (unpaired) electrons. The van der Waals surface area contributed by atoms with Crippen LogP contribution in [0, 0.1) is 18.6 Å². The van der Waals surface area contributed by atoms with Crippen LogP contribution in [0.5, 0.6) is 0 Å². The summed E-state index contributed by atoms with van der Waals surface area (Å²) >= 11 is 0. The number of nitrogens with zero attached hydrogens (tertiary/aromatic N) is 5. The van der Waals surface area contributed by atoms with E-state index in [0.717, 1.165) is 24.1 Å². The van der Waals surface area contributed by atoms with Crippen molar-refractivity contribution >= 4 is 11.6 Å². The van der Waals surface area contributed by atoms with Gasteiger partial charge in [-0.2, -0.15) is 0 Å². The van der Waals surface area contributed by atoms with Crippen molar-refractivity contribution in [1.82, 2.24) is 25.4 Å². The first-order valence-corrected chi connectivity index (χ1v) is 8.50. The highest BCUT2D eigenvalue weighted by Crippen LogP contribution is 2.24. The average molecular weight is 363 g/mol. The van der Waals surface area contributed by atoms with Crippen LogP contribution in [0.15, 0.2) is 23.2 Å². The summed E-state index contributed by atoms with van der Waals surface area (Å²) in [6.45, 7) is 3.71. The molecule has 3 rings (SSSR count). The summed E-state index contributed by atoms with van der Waals surface area (Å²) in [4.78, 5) is 6.13. The van der Waals surface area contributed by atoms with Gasteiger partial charge in [0, 0.05) is 39.3 Å². The Morgan fingerprint density at radius 3 is 2.81 bits per heavy atom. The third-order valence-corrected chi connectivity index (χ3v) is 4.60. The highest BCUT2D eigenvalue weighted by atomic mass is 19.1. The quantitative estimate of drug-likeness (QED) is 0.634. The molecule has 1 unspecified atom stereocenters. The van der Waals surface area contributed by atoms with Gasteiger partial charge in [0.15, 0.2) is 11.8 Å². The predicted molar refractivity (Wildman–Crippen MR) is 96.1 cm³/mol. The Morgan fingerprint density at radius 2 is 2.15 bits per heavy atom. The van der Waals surface area contributed by atoms with Crippen molar-refractivity contribution in [2.24, 2.45) is 12.0 Å². The van der Waals surface area contributed by atoms with E-state index in [1.165, 1.54) is 12.1 Å². The van der Waals surface area contributed by atoms with Crippen LogP contribution in [0.3, 0.4) is 0 Å². The van der Waals surface area contributed by atoms with E-state index < -0.39 is 11.6 Å². The van der Waals surface area contributed by atoms with Crippen LogP contribution >= 0.6 is 0 Å². The van der Waals surface area contributed by atoms with E-state index in [4.69, 9.17) is 0 Å². The molecule has 0 saturated carbocycles. The number of guanidine groups is 1. The van der Waals surface area contributed by atoms with Gasteiger partial charge < -0.3 is 20.1 Å². The maximum Gasteiger partial charge on any atom is 0.191 e. The van der Waals surface area contributed by atoms with Crippen molar-refractivity contribution in [2.45, 2.75) is 25.9 Å². The third-order valence-electron chi connectivity index (χ3n) is 4.60. The summed E-state index contributed by atoms with van der Waals surface area (Å²) in [6, 6.07) is 3.80. The molecule has 1 aromatic heterocycles. The topological polar surface area (TPSA) is 70.4 Å². The number of hydrogen-bond donors (Lipinski definition) is 2. The molecule has 0 amide bonds. The number of anilines is 1. The molecule has 1 aromatic carbocycles. The second-order valence-electron chi connectivity index (χ2n) is 6.32. The third kappa shape index (κ3) is 3.92. The normalized spacial score (nSPS) is 17.7. The molecule has 7 nitrogen and oxygen atoms in total. The first-order chi connectivity index (χ1) is 12.5. The summed E-state index contributed by atoms with van der Waals surface area (Å²) in [5.41, 5.74) is 0.424. The van der Waals surface area contributed by atoms with Crippen LogP contribution < -0.4 is 15.5 Å². The van der Waals surface area contributed by atoms with Gasteiger partial charge in [0.2, 0.25) is 0 Å². The molecule has 0 spiro atoms. The smallest absolute Gasteiger partial charge is 0.191 e. The van der Waals surface area contributed by atoms with Crippen molar-refractivity contribution in [3.63, 3.8) is 0 Å². The van der Waals surface area contributed by atoms with E-state index in [1.807, 2.05) is 23.4 Å². The molecular weight excluding hydrogens is 340 g/mol. The Hall–Kier alpha value is -2.71. The fourth-order valence-corrected chi connectivity index (χ4v) is 2.99. The predicted octanol–water partition coefficient (Wildman–Crippen LogP) is 1.35. The number of aromatic nitrogens is 3. The average Bonchev–Trinajstić information content (AvgIpc) is 3.19. The van der Waals surface area contributed by atoms with Gasteiger partial charge in [-0.25, -0.2) is 8.78 Å². The number of nitrogens with one attached hydrogen (secondary N) is 2. The summed E-state index contributed by atoms with van der Waals surface area (Å²) in [5.74, 6) is 1.20. The maximum atomic E-state index is 14.0. The fraction of sp³-hybridized carbons (Fsp3) is 0.471. The van der Waals surface area contributed by atoms with Crippen molar-refractivity contribution in [3.8, 4) is 0 Å². The van der Waals surface area contributed by atoms with Gasteiger partial charge in [-0.05, 0) is 25.5 Å². The first-order valence-electron chi connectivity index (χ1n) is 8.50. The van der Waals surface area contributed by atoms with Crippen LogP contribution in [0.2, 0.25) is 0 Å². The second-order valence-corrected chi connectivity index (χ2v) is 6.32. The monoisotopic (exact) mass is 363 g/mol. The largest absolute Gasteiger partial charge is 0.367 e.